The van der Waals surface area contributed by atoms with E-state index >= 15 is 0 Å². The first-order chi connectivity index (χ1) is 6.56. The van der Waals surface area contributed by atoms with Crippen molar-refractivity contribution in [1.82, 2.24) is 9.97 Å². The molecule has 1 N–H and O–H groups in total. The van der Waals surface area contributed by atoms with E-state index < -0.39 is 9.84 Å². The molecule has 2 aromatic rings. The summed E-state index contributed by atoms with van der Waals surface area (Å²) in [5.41, 5.74) is 2.21. The summed E-state index contributed by atoms with van der Waals surface area (Å²) in [6.45, 7) is 0. The lowest BCUT2D eigenvalue weighted by molar-refractivity contribution is 0.603. The predicted octanol–water partition coefficient (Wildman–Crippen LogP) is 1.27. The number of aromatic amines is 1. The maximum absolute atomic E-state index is 11.0. The van der Waals surface area contributed by atoms with Gasteiger partial charge < -0.3 is 4.98 Å². The molecule has 0 atom stereocenters. The van der Waals surface area contributed by atoms with E-state index in [1.54, 1.807) is 18.5 Å². The number of sulfone groups is 1. The Balaban J connectivity index is 2.57. The number of aromatic nitrogens is 2. The molecular weight excluding hydrogens is 200 g/mol. The molecule has 1 aromatic carbocycles. The molecule has 1 heterocycles. The van der Waals surface area contributed by atoms with Gasteiger partial charge in [-0.2, -0.15) is 0 Å². The smallest absolute Gasteiger partial charge is 0.155 e. The number of hydrogen-bond acceptors (Lipinski definition) is 3. The Morgan fingerprint density at radius 3 is 2.93 bits per heavy atom. The second-order valence-corrected chi connectivity index (χ2v) is 4.88. The fraction of sp³-hybridized carbons (Fsp3) is 0.111. The lowest BCUT2D eigenvalue weighted by Crippen LogP contribution is -1.98. The maximum Gasteiger partial charge on any atom is 0.155 e. The molecule has 0 fully saturated rings. The first kappa shape index (κ1) is 9.21. The minimum atomic E-state index is -3.25. The van der Waals surface area contributed by atoms with Gasteiger partial charge in [-0.05, 0) is 11.6 Å². The standard InChI is InChI=1S/C9H9N2O2S/c1-14(12,13)5-7-3-2-4-8-9(7)11-6-10-8/h2-4,6H,1,5H2,(H,10,11). The molecule has 0 aliphatic rings. The SMILES string of the molecule is [CH2]S(=O)(=O)Cc1cccc2[nH]cnc12. The zero-order valence-electron chi connectivity index (χ0n) is 7.40. The molecule has 14 heavy (non-hydrogen) atoms. The topological polar surface area (TPSA) is 62.8 Å². The van der Waals surface area contributed by atoms with Crippen molar-refractivity contribution in [2.45, 2.75) is 5.75 Å². The minimum Gasteiger partial charge on any atom is -0.345 e. The van der Waals surface area contributed by atoms with E-state index in [0.717, 1.165) is 5.52 Å². The average molecular weight is 209 g/mol. The van der Waals surface area contributed by atoms with Crippen LogP contribution in [0.15, 0.2) is 24.5 Å². The number of para-hydroxylation sites is 1. The van der Waals surface area contributed by atoms with Gasteiger partial charge in [-0.1, -0.05) is 12.1 Å². The van der Waals surface area contributed by atoms with Crippen molar-refractivity contribution in [3.8, 4) is 0 Å². The first-order valence-electron chi connectivity index (χ1n) is 4.03. The van der Waals surface area contributed by atoms with Gasteiger partial charge >= 0.3 is 0 Å². The van der Waals surface area contributed by atoms with E-state index in [9.17, 15) is 8.42 Å². The molecule has 0 saturated heterocycles. The van der Waals surface area contributed by atoms with Gasteiger partial charge in [0, 0.05) is 0 Å². The van der Waals surface area contributed by atoms with Gasteiger partial charge in [0.15, 0.2) is 9.84 Å². The van der Waals surface area contributed by atoms with Crippen LogP contribution in [0.3, 0.4) is 0 Å². The zero-order valence-corrected chi connectivity index (χ0v) is 8.21. The number of imidazole rings is 1. The van der Waals surface area contributed by atoms with E-state index in [0.29, 0.717) is 11.1 Å². The summed E-state index contributed by atoms with van der Waals surface area (Å²) < 4.78 is 22.0. The summed E-state index contributed by atoms with van der Waals surface area (Å²) >= 11 is 0. The maximum atomic E-state index is 11.0. The summed E-state index contributed by atoms with van der Waals surface area (Å²) in [6.07, 6.45) is 4.64. The van der Waals surface area contributed by atoms with Gasteiger partial charge in [0.25, 0.3) is 0 Å². The Morgan fingerprint density at radius 2 is 2.21 bits per heavy atom. The van der Waals surface area contributed by atoms with Crippen LogP contribution in [0.2, 0.25) is 0 Å². The van der Waals surface area contributed by atoms with Crippen LogP contribution in [0, 0.1) is 6.26 Å². The predicted molar refractivity (Wildman–Crippen MR) is 54.1 cm³/mol. The van der Waals surface area contributed by atoms with Crippen LogP contribution < -0.4 is 0 Å². The van der Waals surface area contributed by atoms with Crippen molar-refractivity contribution >= 4 is 20.9 Å². The third-order valence-corrected chi connectivity index (χ3v) is 2.66. The summed E-state index contributed by atoms with van der Waals surface area (Å²) in [7, 11) is -3.25. The summed E-state index contributed by atoms with van der Waals surface area (Å²) in [4.78, 5) is 6.97. The van der Waals surface area contributed by atoms with Crippen LogP contribution in [0.5, 0.6) is 0 Å². The summed E-state index contributed by atoms with van der Waals surface area (Å²) in [5, 5.41) is 0. The number of benzene rings is 1. The molecule has 0 unspecified atom stereocenters. The van der Waals surface area contributed by atoms with Crippen molar-refractivity contribution < 1.29 is 8.42 Å². The molecule has 0 aliphatic heterocycles. The van der Waals surface area contributed by atoms with Crippen molar-refractivity contribution in [2.24, 2.45) is 0 Å². The molecule has 0 spiro atoms. The highest BCUT2D eigenvalue weighted by atomic mass is 32.2. The normalized spacial score (nSPS) is 12.1. The summed E-state index contributed by atoms with van der Waals surface area (Å²) in [5.74, 6) is -0.0742. The van der Waals surface area contributed by atoms with Crippen molar-refractivity contribution in [1.29, 1.82) is 0 Å². The largest absolute Gasteiger partial charge is 0.345 e. The quantitative estimate of drug-likeness (QED) is 0.810. The number of rotatable bonds is 2. The number of H-pyrrole nitrogens is 1. The van der Waals surface area contributed by atoms with Crippen molar-refractivity contribution in [3.63, 3.8) is 0 Å². The average Bonchev–Trinajstić information content (AvgIpc) is 2.49. The third kappa shape index (κ3) is 1.77. The first-order valence-corrected chi connectivity index (χ1v) is 5.85. The highest BCUT2D eigenvalue weighted by molar-refractivity contribution is 7.91. The van der Waals surface area contributed by atoms with E-state index in [4.69, 9.17) is 0 Å². The van der Waals surface area contributed by atoms with Crippen molar-refractivity contribution in [3.05, 3.63) is 36.3 Å². The zero-order chi connectivity index (χ0) is 10.2. The second kappa shape index (κ2) is 3.09. The molecule has 0 amide bonds. The molecule has 4 nitrogen and oxygen atoms in total. The van der Waals surface area contributed by atoms with Crippen LogP contribution in [0.25, 0.3) is 11.0 Å². The Bertz CT molecular complexity index is 557. The molecule has 1 radical (unpaired) electrons. The van der Waals surface area contributed by atoms with Crippen LogP contribution in [-0.2, 0) is 15.6 Å². The molecule has 5 heteroatoms. The van der Waals surface area contributed by atoms with Crippen LogP contribution in [0.1, 0.15) is 5.56 Å². The van der Waals surface area contributed by atoms with E-state index in [1.807, 2.05) is 6.07 Å². The molecule has 0 aliphatic carbocycles. The highest BCUT2D eigenvalue weighted by Crippen LogP contribution is 2.16. The Hall–Kier alpha value is -1.36. The highest BCUT2D eigenvalue weighted by Gasteiger charge is 2.09. The monoisotopic (exact) mass is 209 g/mol. The van der Waals surface area contributed by atoms with Gasteiger partial charge in [-0.15, -0.1) is 0 Å². The number of nitrogens with one attached hydrogen (secondary N) is 1. The van der Waals surface area contributed by atoms with E-state index in [2.05, 4.69) is 16.2 Å². The summed E-state index contributed by atoms with van der Waals surface area (Å²) in [6, 6.07) is 5.38. The van der Waals surface area contributed by atoms with Crippen LogP contribution >= 0.6 is 0 Å². The Labute approximate surface area is 81.9 Å². The van der Waals surface area contributed by atoms with Gasteiger partial charge in [-0.3, -0.25) is 0 Å². The van der Waals surface area contributed by atoms with Crippen LogP contribution in [0.4, 0.5) is 0 Å². The molecule has 0 bridgehead atoms. The number of nitrogens with zero attached hydrogens (tertiary/aromatic N) is 1. The lowest BCUT2D eigenvalue weighted by atomic mass is 10.2. The molecule has 73 valence electrons. The Kier molecular flexibility index (Phi) is 2.03. The Morgan fingerprint density at radius 1 is 1.43 bits per heavy atom. The third-order valence-electron chi connectivity index (χ3n) is 1.91. The van der Waals surface area contributed by atoms with Crippen LogP contribution in [-0.4, -0.2) is 18.4 Å². The van der Waals surface area contributed by atoms with E-state index in [-0.39, 0.29) is 5.75 Å². The number of hydrogen-bond donors (Lipinski definition) is 1. The lowest BCUT2D eigenvalue weighted by Gasteiger charge is -1.99. The number of fused-ring (bicyclic) bond motifs is 1. The van der Waals surface area contributed by atoms with Gasteiger partial charge in [0.1, 0.15) is 0 Å². The van der Waals surface area contributed by atoms with Gasteiger partial charge in [0.05, 0.1) is 29.4 Å². The van der Waals surface area contributed by atoms with Crippen molar-refractivity contribution in [2.75, 3.05) is 0 Å². The minimum absolute atomic E-state index is 0.0742. The second-order valence-electron chi connectivity index (χ2n) is 3.10. The van der Waals surface area contributed by atoms with Gasteiger partial charge in [0.2, 0.25) is 0 Å². The molecule has 0 saturated carbocycles. The molecular formula is C9H9N2O2S. The van der Waals surface area contributed by atoms with Gasteiger partial charge in [-0.25, -0.2) is 13.4 Å². The van der Waals surface area contributed by atoms with E-state index in [1.165, 1.54) is 0 Å². The fourth-order valence-corrected chi connectivity index (χ4v) is 2.09. The fourth-order valence-electron chi connectivity index (χ4n) is 1.38. The molecule has 1 aromatic heterocycles. The molecule has 2 rings (SSSR count).